The van der Waals surface area contributed by atoms with Gasteiger partial charge in [-0.15, -0.1) is 0 Å². The van der Waals surface area contributed by atoms with Crippen molar-refractivity contribution in [2.45, 2.75) is 39.2 Å². The zero-order valence-electron chi connectivity index (χ0n) is 12.4. The molecule has 1 aromatic rings. The van der Waals surface area contributed by atoms with Crippen molar-refractivity contribution in [2.75, 3.05) is 13.1 Å². The first kappa shape index (κ1) is 16.7. The first-order valence-corrected chi connectivity index (χ1v) is 6.90. The standard InChI is InChI=1S/C14H22ClN3O2/c1-9-5-6-11(12(15)18-9)10(7-16)8-17-13(19)20-14(2,3)4/h5-6,10H,7-8,16H2,1-4H3,(H,17,19). The number of rotatable bonds is 4. The van der Waals surface area contributed by atoms with Crippen LogP contribution in [0.4, 0.5) is 4.79 Å². The summed E-state index contributed by atoms with van der Waals surface area (Å²) in [6.45, 7) is 8.03. The van der Waals surface area contributed by atoms with Gasteiger partial charge in [-0.1, -0.05) is 17.7 Å². The average molecular weight is 300 g/mol. The molecule has 0 bridgehead atoms. The highest BCUT2D eigenvalue weighted by atomic mass is 35.5. The second kappa shape index (κ2) is 6.90. The fourth-order valence-electron chi connectivity index (χ4n) is 1.68. The molecule has 3 N–H and O–H groups in total. The number of hydrogen-bond acceptors (Lipinski definition) is 4. The molecule has 20 heavy (non-hydrogen) atoms. The summed E-state index contributed by atoms with van der Waals surface area (Å²) in [4.78, 5) is 15.8. The van der Waals surface area contributed by atoms with Crippen LogP contribution in [0.5, 0.6) is 0 Å². The first-order valence-electron chi connectivity index (χ1n) is 6.53. The second-order valence-corrected chi connectivity index (χ2v) is 6.01. The molecule has 5 nitrogen and oxygen atoms in total. The van der Waals surface area contributed by atoms with Crippen molar-refractivity contribution in [1.29, 1.82) is 0 Å². The van der Waals surface area contributed by atoms with E-state index in [1.807, 2.05) is 39.8 Å². The molecule has 1 aromatic heterocycles. The average Bonchev–Trinajstić information content (AvgIpc) is 2.29. The third-order valence-electron chi connectivity index (χ3n) is 2.63. The van der Waals surface area contributed by atoms with Crippen LogP contribution in [0.2, 0.25) is 5.15 Å². The molecule has 0 radical (unpaired) electrons. The van der Waals surface area contributed by atoms with Gasteiger partial charge in [0.2, 0.25) is 0 Å². The number of alkyl carbamates (subject to hydrolysis) is 1. The zero-order chi connectivity index (χ0) is 15.3. The van der Waals surface area contributed by atoms with Crippen molar-refractivity contribution in [3.63, 3.8) is 0 Å². The third kappa shape index (κ3) is 5.35. The van der Waals surface area contributed by atoms with Gasteiger partial charge in [-0.3, -0.25) is 0 Å². The van der Waals surface area contributed by atoms with Gasteiger partial charge in [0.1, 0.15) is 10.8 Å². The molecule has 0 aliphatic rings. The van der Waals surface area contributed by atoms with E-state index in [4.69, 9.17) is 22.1 Å². The number of nitrogens with two attached hydrogens (primary N) is 1. The molecule has 112 valence electrons. The quantitative estimate of drug-likeness (QED) is 0.838. The number of hydrogen-bond donors (Lipinski definition) is 2. The number of aromatic nitrogens is 1. The van der Waals surface area contributed by atoms with E-state index in [0.29, 0.717) is 18.2 Å². The van der Waals surface area contributed by atoms with Gasteiger partial charge in [0.25, 0.3) is 0 Å². The lowest BCUT2D eigenvalue weighted by Crippen LogP contribution is -2.36. The minimum atomic E-state index is -0.522. The van der Waals surface area contributed by atoms with E-state index in [0.717, 1.165) is 11.3 Å². The molecule has 1 rings (SSSR count). The predicted molar refractivity (Wildman–Crippen MR) is 80.0 cm³/mol. The minimum absolute atomic E-state index is 0.0943. The Morgan fingerprint density at radius 1 is 1.50 bits per heavy atom. The molecular formula is C14H22ClN3O2. The highest BCUT2D eigenvalue weighted by molar-refractivity contribution is 6.30. The van der Waals surface area contributed by atoms with Gasteiger partial charge >= 0.3 is 6.09 Å². The van der Waals surface area contributed by atoms with Crippen molar-refractivity contribution < 1.29 is 9.53 Å². The van der Waals surface area contributed by atoms with Crippen molar-refractivity contribution in [1.82, 2.24) is 10.3 Å². The van der Waals surface area contributed by atoms with E-state index in [1.54, 1.807) is 0 Å². The molecule has 0 aromatic carbocycles. The monoisotopic (exact) mass is 299 g/mol. The van der Waals surface area contributed by atoms with E-state index in [9.17, 15) is 4.79 Å². The summed E-state index contributed by atoms with van der Waals surface area (Å²) < 4.78 is 5.18. The number of amides is 1. The number of halogens is 1. The Kier molecular flexibility index (Phi) is 5.77. The molecule has 6 heteroatoms. The second-order valence-electron chi connectivity index (χ2n) is 5.65. The maximum Gasteiger partial charge on any atom is 0.407 e. The van der Waals surface area contributed by atoms with Crippen LogP contribution < -0.4 is 11.1 Å². The lowest BCUT2D eigenvalue weighted by Gasteiger charge is -2.22. The summed E-state index contributed by atoms with van der Waals surface area (Å²) in [5.41, 5.74) is 6.90. The highest BCUT2D eigenvalue weighted by Gasteiger charge is 2.19. The van der Waals surface area contributed by atoms with Crippen LogP contribution in [0.1, 0.15) is 37.9 Å². The van der Waals surface area contributed by atoms with Gasteiger partial charge in [0.05, 0.1) is 0 Å². The van der Waals surface area contributed by atoms with Crippen molar-refractivity contribution in [3.05, 3.63) is 28.5 Å². The molecular weight excluding hydrogens is 278 g/mol. The molecule has 0 fully saturated rings. The molecule has 1 atom stereocenters. The molecule has 0 aliphatic carbocycles. The van der Waals surface area contributed by atoms with E-state index < -0.39 is 11.7 Å². The SMILES string of the molecule is Cc1ccc(C(CN)CNC(=O)OC(C)(C)C)c(Cl)n1. The van der Waals surface area contributed by atoms with Gasteiger partial charge in [-0.05, 0) is 39.3 Å². The van der Waals surface area contributed by atoms with Crippen LogP contribution in [-0.4, -0.2) is 29.8 Å². The first-order chi connectivity index (χ1) is 9.23. The molecule has 0 aliphatic heterocycles. The Balaban J connectivity index is 2.66. The van der Waals surface area contributed by atoms with Crippen LogP contribution in [0, 0.1) is 6.92 Å². The largest absolute Gasteiger partial charge is 0.444 e. The molecule has 1 amide bonds. The maximum atomic E-state index is 11.6. The summed E-state index contributed by atoms with van der Waals surface area (Å²) in [5, 5.41) is 3.13. The number of carbonyl (C=O) groups excluding carboxylic acids is 1. The number of pyridine rings is 1. The number of nitrogens with one attached hydrogen (secondary N) is 1. The molecule has 0 spiro atoms. The van der Waals surface area contributed by atoms with Crippen molar-refractivity contribution >= 4 is 17.7 Å². The molecule has 1 unspecified atom stereocenters. The van der Waals surface area contributed by atoms with Gasteiger partial charge in [0.15, 0.2) is 0 Å². The lowest BCUT2D eigenvalue weighted by molar-refractivity contribution is 0.0525. The van der Waals surface area contributed by atoms with E-state index in [-0.39, 0.29) is 5.92 Å². The predicted octanol–water partition coefficient (Wildman–Crippen LogP) is 2.61. The zero-order valence-corrected chi connectivity index (χ0v) is 13.1. The van der Waals surface area contributed by atoms with Crippen molar-refractivity contribution in [3.8, 4) is 0 Å². The topological polar surface area (TPSA) is 77.2 Å². The smallest absolute Gasteiger partial charge is 0.407 e. The maximum absolute atomic E-state index is 11.6. The molecule has 1 heterocycles. The Bertz CT molecular complexity index is 472. The van der Waals surface area contributed by atoms with E-state index in [2.05, 4.69) is 10.3 Å². The normalized spacial score (nSPS) is 12.9. The van der Waals surface area contributed by atoms with Gasteiger partial charge in [-0.2, -0.15) is 0 Å². The summed E-state index contributed by atoms with van der Waals surface area (Å²) >= 11 is 6.11. The summed E-state index contributed by atoms with van der Waals surface area (Å²) in [7, 11) is 0. The number of ether oxygens (including phenoxy) is 1. The van der Waals surface area contributed by atoms with Gasteiger partial charge < -0.3 is 15.8 Å². The number of carbonyl (C=O) groups is 1. The van der Waals surface area contributed by atoms with Crippen LogP contribution in [0.25, 0.3) is 0 Å². The number of nitrogens with zero attached hydrogens (tertiary/aromatic N) is 1. The van der Waals surface area contributed by atoms with Crippen LogP contribution in [-0.2, 0) is 4.74 Å². The molecule has 0 saturated carbocycles. The fraction of sp³-hybridized carbons (Fsp3) is 0.571. The summed E-state index contributed by atoms with van der Waals surface area (Å²) in [5.74, 6) is -0.0943. The highest BCUT2D eigenvalue weighted by Crippen LogP contribution is 2.22. The van der Waals surface area contributed by atoms with Crippen LogP contribution in [0.3, 0.4) is 0 Å². The van der Waals surface area contributed by atoms with Gasteiger partial charge in [-0.25, -0.2) is 9.78 Å². The van der Waals surface area contributed by atoms with E-state index in [1.165, 1.54) is 0 Å². The number of aryl methyl sites for hydroxylation is 1. The lowest BCUT2D eigenvalue weighted by atomic mass is 10.0. The Hall–Kier alpha value is -1.33. The summed E-state index contributed by atoms with van der Waals surface area (Å²) in [6.07, 6.45) is -0.466. The van der Waals surface area contributed by atoms with E-state index >= 15 is 0 Å². The fourth-order valence-corrected chi connectivity index (χ4v) is 2.03. The molecule has 0 saturated heterocycles. The Morgan fingerprint density at radius 2 is 2.15 bits per heavy atom. The van der Waals surface area contributed by atoms with Crippen LogP contribution in [0.15, 0.2) is 12.1 Å². The Labute approximate surface area is 124 Å². The minimum Gasteiger partial charge on any atom is -0.444 e. The van der Waals surface area contributed by atoms with Crippen LogP contribution >= 0.6 is 11.6 Å². The third-order valence-corrected chi connectivity index (χ3v) is 2.94. The Morgan fingerprint density at radius 3 is 2.65 bits per heavy atom. The van der Waals surface area contributed by atoms with Crippen molar-refractivity contribution in [2.24, 2.45) is 5.73 Å². The summed E-state index contributed by atoms with van der Waals surface area (Å²) in [6, 6.07) is 3.76. The van der Waals surface area contributed by atoms with Gasteiger partial charge in [0, 0.05) is 24.7 Å².